The standard InChI is InChI=1S/C23H18Cl2F2N2O3S/c1-2-33(30,31)14-9-7-13(8-10-14)11-19-28-17-12-16(24)20(21(25)22(17)29-19)15-5-3-4-6-18(15)32-23(26)27/h3-10,12,23H,2,11H2,1H3,(H,28,29). The van der Waals surface area contributed by atoms with Gasteiger partial charge in [-0.2, -0.15) is 8.78 Å². The minimum absolute atomic E-state index is 0.0307. The van der Waals surface area contributed by atoms with Gasteiger partial charge in [0, 0.05) is 17.5 Å². The van der Waals surface area contributed by atoms with Gasteiger partial charge in [-0.3, -0.25) is 0 Å². The van der Waals surface area contributed by atoms with Crippen molar-refractivity contribution in [3.05, 3.63) is 76.0 Å². The number of aromatic amines is 1. The Morgan fingerprint density at radius 2 is 1.79 bits per heavy atom. The molecule has 33 heavy (non-hydrogen) atoms. The lowest BCUT2D eigenvalue weighted by atomic mass is 10.0. The van der Waals surface area contributed by atoms with Crippen molar-refractivity contribution in [2.75, 3.05) is 5.75 Å². The molecule has 0 saturated heterocycles. The highest BCUT2D eigenvalue weighted by Crippen LogP contribution is 2.43. The molecule has 10 heteroatoms. The molecule has 0 spiro atoms. The minimum Gasteiger partial charge on any atom is -0.434 e. The summed E-state index contributed by atoms with van der Waals surface area (Å²) in [7, 11) is -3.27. The fourth-order valence-electron chi connectivity index (χ4n) is 3.51. The Kier molecular flexibility index (Phi) is 6.61. The van der Waals surface area contributed by atoms with Crippen molar-refractivity contribution in [3.8, 4) is 16.9 Å². The van der Waals surface area contributed by atoms with Crippen LogP contribution in [-0.2, 0) is 16.3 Å². The van der Waals surface area contributed by atoms with E-state index in [1.165, 1.54) is 6.07 Å². The first-order valence-electron chi connectivity index (χ1n) is 9.92. The molecule has 0 amide bonds. The minimum atomic E-state index is -3.27. The number of alkyl halides is 2. The average molecular weight is 511 g/mol. The first kappa shape index (κ1) is 23.5. The smallest absolute Gasteiger partial charge is 0.387 e. The highest BCUT2D eigenvalue weighted by atomic mass is 35.5. The molecule has 1 N–H and O–H groups in total. The van der Waals surface area contributed by atoms with Crippen LogP contribution in [0.15, 0.2) is 59.5 Å². The number of aromatic nitrogens is 2. The van der Waals surface area contributed by atoms with Gasteiger partial charge < -0.3 is 9.72 Å². The molecule has 0 radical (unpaired) electrons. The number of sulfone groups is 1. The number of imidazole rings is 1. The van der Waals surface area contributed by atoms with E-state index in [1.807, 2.05) is 0 Å². The van der Waals surface area contributed by atoms with Gasteiger partial charge >= 0.3 is 6.61 Å². The molecule has 3 aromatic carbocycles. The zero-order chi connectivity index (χ0) is 23.8. The number of ether oxygens (including phenoxy) is 1. The second-order valence-corrected chi connectivity index (χ2v) is 10.3. The monoisotopic (exact) mass is 510 g/mol. The predicted octanol–water partition coefficient (Wildman–Crippen LogP) is 6.52. The molecule has 0 aliphatic carbocycles. The molecular formula is C23H18Cl2F2N2O3S. The van der Waals surface area contributed by atoms with Crippen molar-refractivity contribution in [2.24, 2.45) is 0 Å². The molecule has 4 rings (SSSR count). The number of fused-ring (bicyclic) bond motifs is 1. The van der Waals surface area contributed by atoms with Crippen molar-refractivity contribution in [3.63, 3.8) is 0 Å². The number of hydrogen-bond acceptors (Lipinski definition) is 4. The Labute approximate surface area is 199 Å². The van der Waals surface area contributed by atoms with Gasteiger partial charge in [0.2, 0.25) is 0 Å². The van der Waals surface area contributed by atoms with E-state index in [1.54, 1.807) is 55.5 Å². The van der Waals surface area contributed by atoms with Crippen molar-refractivity contribution >= 4 is 44.1 Å². The number of hydrogen-bond donors (Lipinski definition) is 1. The lowest BCUT2D eigenvalue weighted by Crippen LogP contribution is -2.03. The summed E-state index contributed by atoms with van der Waals surface area (Å²) in [6.07, 6.45) is 0.398. The highest BCUT2D eigenvalue weighted by Gasteiger charge is 2.20. The van der Waals surface area contributed by atoms with Crippen LogP contribution in [0, 0.1) is 0 Å². The third-order valence-corrected chi connectivity index (χ3v) is 7.54. The van der Waals surface area contributed by atoms with Crippen LogP contribution in [0.2, 0.25) is 10.0 Å². The predicted molar refractivity (Wildman–Crippen MR) is 125 cm³/mol. The molecule has 0 atom stereocenters. The van der Waals surface area contributed by atoms with E-state index in [0.29, 0.717) is 34.4 Å². The summed E-state index contributed by atoms with van der Waals surface area (Å²) >= 11 is 13.1. The maximum absolute atomic E-state index is 12.9. The topological polar surface area (TPSA) is 72.1 Å². The van der Waals surface area contributed by atoms with Crippen LogP contribution in [0.4, 0.5) is 8.78 Å². The molecule has 1 aromatic heterocycles. The van der Waals surface area contributed by atoms with Gasteiger partial charge in [0.25, 0.3) is 0 Å². The van der Waals surface area contributed by atoms with Gasteiger partial charge in [0.15, 0.2) is 9.84 Å². The van der Waals surface area contributed by atoms with Crippen molar-refractivity contribution in [1.82, 2.24) is 9.97 Å². The van der Waals surface area contributed by atoms with Crippen molar-refractivity contribution < 1.29 is 21.9 Å². The number of para-hydroxylation sites is 1. The zero-order valence-corrected chi connectivity index (χ0v) is 19.6. The molecule has 0 bridgehead atoms. The molecule has 172 valence electrons. The Morgan fingerprint density at radius 3 is 2.45 bits per heavy atom. The van der Waals surface area contributed by atoms with Crippen molar-refractivity contribution in [1.29, 1.82) is 0 Å². The zero-order valence-electron chi connectivity index (χ0n) is 17.3. The first-order chi connectivity index (χ1) is 15.7. The van der Waals surface area contributed by atoms with Gasteiger partial charge in [0.05, 0.1) is 26.2 Å². The first-order valence-corrected chi connectivity index (χ1v) is 12.3. The number of nitrogens with one attached hydrogen (secondary N) is 1. The van der Waals surface area contributed by atoms with Gasteiger partial charge in [-0.05, 0) is 29.8 Å². The molecule has 0 fully saturated rings. The molecule has 5 nitrogen and oxygen atoms in total. The summed E-state index contributed by atoms with van der Waals surface area (Å²) in [5.41, 5.74) is 2.53. The Balaban J connectivity index is 1.71. The van der Waals surface area contributed by atoms with Crippen molar-refractivity contribution in [2.45, 2.75) is 24.9 Å². The molecule has 0 aliphatic rings. The quantitative estimate of drug-likeness (QED) is 0.307. The fraction of sp³-hybridized carbons (Fsp3) is 0.174. The lowest BCUT2D eigenvalue weighted by Gasteiger charge is -2.13. The molecule has 0 unspecified atom stereocenters. The van der Waals surface area contributed by atoms with Crippen LogP contribution in [0.5, 0.6) is 5.75 Å². The summed E-state index contributed by atoms with van der Waals surface area (Å²) < 4.78 is 54.3. The maximum atomic E-state index is 12.9. The SMILES string of the molecule is CCS(=O)(=O)c1ccc(Cc2nc3c(Cl)c(-c4ccccc4OC(F)F)c(Cl)cc3[nH]2)cc1. The van der Waals surface area contributed by atoms with E-state index < -0.39 is 16.4 Å². The van der Waals surface area contributed by atoms with Crippen LogP contribution in [0.25, 0.3) is 22.2 Å². The van der Waals surface area contributed by atoms with Gasteiger partial charge in [0.1, 0.15) is 17.1 Å². The van der Waals surface area contributed by atoms with Crippen LogP contribution in [0.3, 0.4) is 0 Å². The number of H-pyrrole nitrogens is 1. The number of benzene rings is 3. The number of rotatable bonds is 7. The van der Waals surface area contributed by atoms with E-state index in [9.17, 15) is 17.2 Å². The molecule has 4 aromatic rings. The average Bonchev–Trinajstić information content (AvgIpc) is 3.17. The second-order valence-electron chi connectivity index (χ2n) is 7.23. The van der Waals surface area contributed by atoms with Gasteiger partial charge in [-0.15, -0.1) is 0 Å². The third-order valence-electron chi connectivity index (χ3n) is 5.12. The largest absolute Gasteiger partial charge is 0.434 e. The maximum Gasteiger partial charge on any atom is 0.387 e. The molecule has 0 aliphatic heterocycles. The molecule has 1 heterocycles. The Hall–Kier alpha value is -2.68. The summed E-state index contributed by atoms with van der Waals surface area (Å²) in [5.74, 6) is 0.570. The Bertz CT molecular complexity index is 1420. The van der Waals surface area contributed by atoms with E-state index in [4.69, 9.17) is 23.2 Å². The van der Waals surface area contributed by atoms with E-state index in [0.717, 1.165) is 5.56 Å². The number of halogens is 4. The molecular weight excluding hydrogens is 493 g/mol. The lowest BCUT2D eigenvalue weighted by molar-refractivity contribution is -0.0494. The van der Waals surface area contributed by atoms with E-state index >= 15 is 0 Å². The summed E-state index contributed by atoms with van der Waals surface area (Å²) in [6, 6.07) is 14.5. The van der Waals surface area contributed by atoms with E-state index in [-0.39, 0.29) is 26.4 Å². The van der Waals surface area contributed by atoms with Crippen LogP contribution in [-0.4, -0.2) is 30.8 Å². The Morgan fingerprint density at radius 1 is 1.09 bits per heavy atom. The summed E-state index contributed by atoms with van der Waals surface area (Å²) in [5, 5.41) is 0.455. The summed E-state index contributed by atoms with van der Waals surface area (Å²) in [4.78, 5) is 7.98. The van der Waals surface area contributed by atoms with Crippen LogP contribution in [0.1, 0.15) is 18.3 Å². The van der Waals surface area contributed by atoms with Gasteiger partial charge in [-0.25, -0.2) is 13.4 Å². The number of nitrogens with zero attached hydrogens (tertiary/aromatic N) is 1. The fourth-order valence-corrected chi connectivity index (χ4v) is 5.09. The van der Waals surface area contributed by atoms with Crippen LogP contribution < -0.4 is 4.74 Å². The summed E-state index contributed by atoms with van der Waals surface area (Å²) in [6.45, 7) is -1.40. The molecule has 0 saturated carbocycles. The second kappa shape index (κ2) is 9.29. The normalized spacial score (nSPS) is 11.9. The van der Waals surface area contributed by atoms with Crippen LogP contribution >= 0.6 is 23.2 Å². The highest BCUT2D eigenvalue weighted by molar-refractivity contribution is 7.91. The van der Waals surface area contributed by atoms with Gasteiger partial charge in [-0.1, -0.05) is 60.5 Å². The van der Waals surface area contributed by atoms with E-state index in [2.05, 4.69) is 14.7 Å². The third kappa shape index (κ3) is 4.83.